The molecule has 0 fully saturated rings. The molecule has 0 spiro atoms. The lowest BCUT2D eigenvalue weighted by Crippen LogP contribution is -1.98. The molecule has 0 amide bonds. The van der Waals surface area contributed by atoms with Gasteiger partial charge in [-0.2, -0.15) is 0 Å². The van der Waals surface area contributed by atoms with Crippen LogP contribution < -0.4 is 4.74 Å². The number of hydrogen-bond donors (Lipinski definition) is 0. The zero-order valence-electron chi connectivity index (χ0n) is 9.54. The minimum atomic E-state index is 0.657. The Hall–Kier alpha value is -0.800. The Bertz CT molecular complexity index is 525. The Labute approximate surface area is 114 Å². The molecule has 4 heteroatoms. The van der Waals surface area contributed by atoms with Crippen molar-refractivity contribution < 1.29 is 4.74 Å². The van der Waals surface area contributed by atoms with E-state index in [-0.39, 0.29) is 0 Å². The van der Waals surface area contributed by atoms with E-state index in [0.29, 0.717) is 11.6 Å². The zero-order valence-corrected chi connectivity index (χ0v) is 11.9. The van der Waals surface area contributed by atoms with Crippen LogP contribution >= 0.6 is 27.5 Å². The molecule has 17 heavy (non-hydrogen) atoms. The summed E-state index contributed by atoms with van der Waals surface area (Å²) in [6.45, 7) is 2.64. The number of pyridine rings is 1. The average Bonchev–Trinajstić information content (AvgIpc) is 2.28. The van der Waals surface area contributed by atoms with Crippen LogP contribution in [0.4, 0.5) is 0 Å². The van der Waals surface area contributed by atoms with Crippen LogP contribution in [0.25, 0.3) is 10.9 Å². The molecular weight excluding hydrogens is 302 g/mol. The molecule has 0 bridgehead atoms. The van der Waals surface area contributed by atoms with E-state index >= 15 is 0 Å². The summed E-state index contributed by atoms with van der Waals surface area (Å²) in [6.07, 6.45) is 0.966. The number of aromatic nitrogens is 1. The van der Waals surface area contributed by atoms with Gasteiger partial charge in [-0.15, -0.1) is 0 Å². The maximum Gasteiger partial charge on any atom is 0.130 e. The molecule has 0 saturated carbocycles. The molecule has 0 unspecified atom stereocenters. The summed E-state index contributed by atoms with van der Waals surface area (Å²) >= 11 is 9.44. The lowest BCUT2D eigenvalue weighted by atomic mass is 10.2. The highest BCUT2D eigenvalue weighted by molar-refractivity contribution is 9.09. The van der Waals surface area contributed by atoms with E-state index in [0.717, 1.165) is 34.1 Å². The third kappa shape index (κ3) is 3.11. The fraction of sp³-hybridized carbons (Fsp3) is 0.308. The van der Waals surface area contributed by atoms with Gasteiger partial charge in [0.1, 0.15) is 5.75 Å². The highest BCUT2D eigenvalue weighted by atomic mass is 79.9. The summed E-state index contributed by atoms with van der Waals surface area (Å²) in [4.78, 5) is 4.45. The first-order chi connectivity index (χ1) is 8.20. The van der Waals surface area contributed by atoms with Crippen molar-refractivity contribution in [1.82, 2.24) is 4.98 Å². The highest BCUT2D eigenvalue weighted by Crippen LogP contribution is 2.29. The number of benzene rings is 1. The van der Waals surface area contributed by atoms with Crippen molar-refractivity contribution in [2.45, 2.75) is 13.3 Å². The van der Waals surface area contributed by atoms with Gasteiger partial charge in [0.25, 0.3) is 0 Å². The Morgan fingerprint density at radius 1 is 1.35 bits per heavy atom. The standard InChI is InChI=1S/C13H13BrClNO/c1-9-3-4-11-12(16-9)7-10(15)8-13(11)17-6-2-5-14/h3-4,7-8H,2,5-6H2,1H3. The predicted octanol–water partition coefficient (Wildman–Crippen LogP) is 4.36. The molecule has 1 aromatic heterocycles. The van der Waals surface area contributed by atoms with Gasteiger partial charge in [-0.1, -0.05) is 27.5 Å². The molecule has 0 aliphatic heterocycles. The van der Waals surface area contributed by atoms with E-state index < -0.39 is 0 Å². The molecule has 2 aromatic rings. The number of rotatable bonds is 4. The summed E-state index contributed by atoms with van der Waals surface area (Å²) in [6, 6.07) is 7.71. The van der Waals surface area contributed by atoms with Crippen molar-refractivity contribution in [2.75, 3.05) is 11.9 Å². The Morgan fingerprint density at radius 3 is 2.94 bits per heavy atom. The van der Waals surface area contributed by atoms with Crippen LogP contribution in [0.2, 0.25) is 5.02 Å². The molecule has 90 valence electrons. The first kappa shape index (κ1) is 12.7. The second-order valence-corrected chi connectivity index (χ2v) is 5.04. The van der Waals surface area contributed by atoms with Crippen molar-refractivity contribution in [1.29, 1.82) is 0 Å². The molecule has 2 rings (SSSR count). The van der Waals surface area contributed by atoms with Crippen molar-refractivity contribution in [3.63, 3.8) is 0 Å². The summed E-state index contributed by atoms with van der Waals surface area (Å²) in [7, 11) is 0. The summed E-state index contributed by atoms with van der Waals surface area (Å²) in [5, 5.41) is 2.60. The fourth-order valence-corrected chi connectivity index (χ4v) is 2.06. The van der Waals surface area contributed by atoms with Gasteiger partial charge in [0, 0.05) is 21.4 Å². The van der Waals surface area contributed by atoms with Gasteiger partial charge >= 0.3 is 0 Å². The van der Waals surface area contributed by atoms with Crippen molar-refractivity contribution in [3.05, 3.63) is 35.0 Å². The topological polar surface area (TPSA) is 22.1 Å². The molecule has 0 saturated heterocycles. The highest BCUT2D eigenvalue weighted by Gasteiger charge is 2.05. The number of ether oxygens (including phenoxy) is 1. The molecule has 0 aliphatic rings. The first-order valence-corrected chi connectivity index (χ1v) is 6.96. The molecule has 1 heterocycles. The molecule has 0 N–H and O–H groups in total. The van der Waals surface area contributed by atoms with Gasteiger partial charge in [0.15, 0.2) is 0 Å². The monoisotopic (exact) mass is 313 g/mol. The second kappa shape index (κ2) is 5.69. The zero-order chi connectivity index (χ0) is 12.3. The van der Waals surface area contributed by atoms with Crippen molar-refractivity contribution in [3.8, 4) is 5.75 Å². The van der Waals surface area contributed by atoms with Crippen LogP contribution in [-0.2, 0) is 0 Å². The van der Waals surface area contributed by atoms with Gasteiger partial charge in [-0.05, 0) is 37.6 Å². The first-order valence-electron chi connectivity index (χ1n) is 5.46. The summed E-state index contributed by atoms with van der Waals surface area (Å²) in [5.74, 6) is 0.806. The van der Waals surface area contributed by atoms with E-state index in [1.807, 2.05) is 31.2 Å². The maximum absolute atomic E-state index is 6.06. The third-order valence-corrected chi connectivity index (χ3v) is 3.19. The van der Waals surface area contributed by atoms with E-state index in [2.05, 4.69) is 20.9 Å². The Morgan fingerprint density at radius 2 is 2.18 bits per heavy atom. The smallest absolute Gasteiger partial charge is 0.130 e. The number of nitrogens with zero attached hydrogens (tertiary/aromatic N) is 1. The van der Waals surface area contributed by atoms with Crippen LogP contribution in [0.3, 0.4) is 0 Å². The van der Waals surface area contributed by atoms with Crippen LogP contribution in [-0.4, -0.2) is 16.9 Å². The van der Waals surface area contributed by atoms with E-state index in [1.165, 1.54) is 0 Å². The number of aryl methyl sites for hydroxylation is 1. The molecule has 2 nitrogen and oxygen atoms in total. The van der Waals surface area contributed by atoms with Crippen LogP contribution in [0.1, 0.15) is 12.1 Å². The Balaban J connectivity index is 2.39. The molecule has 0 aliphatic carbocycles. The molecule has 1 aromatic carbocycles. The summed E-state index contributed by atoms with van der Waals surface area (Å²) in [5.41, 5.74) is 1.86. The minimum Gasteiger partial charge on any atom is -0.493 e. The van der Waals surface area contributed by atoms with E-state index in [9.17, 15) is 0 Å². The SMILES string of the molecule is Cc1ccc2c(OCCCBr)cc(Cl)cc2n1. The lowest BCUT2D eigenvalue weighted by Gasteiger charge is -2.09. The van der Waals surface area contributed by atoms with Crippen molar-refractivity contribution in [2.24, 2.45) is 0 Å². The van der Waals surface area contributed by atoms with Gasteiger partial charge in [0.2, 0.25) is 0 Å². The second-order valence-electron chi connectivity index (χ2n) is 3.81. The van der Waals surface area contributed by atoms with Crippen molar-refractivity contribution >= 4 is 38.4 Å². The van der Waals surface area contributed by atoms with Gasteiger partial charge in [0.05, 0.1) is 12.1 Å². The van der Waals surface area contributed by atoms with E-state index in [4.69, 9.17) is 16.3 Å². The average molecular weight is 315 g/mol. The number of halogens is 2. The normalized spacial score (nSPS) is 10.8. The predicted molar refractivity (Wildman–Crippen MR) is 75.4 cm³/mol. The van der Waals surface area contributed by atoms with Crippen LogP contribution in [0, 0.1) is 6.92 Å². The largest absolute Gasteiger partial charge is 0.493 e. The minimum absolute atomic E-state index is 0.657. The number of alkyl halides is 1. The Kier molecular flexibility index (Phi) is 4.24. The van der Waals surface area contributed by atoms with E-state index in [1.54, 1.807) is 0 Å². The number of hydrogen-bond acceptors (Lipinski definition) is 2. The fourth-order valence-electron chi connectivity index (χ4n) is 1.63. The summed E-state index contributed by atoms with van der Waals surface area (Å²) < 4.78 is 5.73. The molecule has 0 atom stereocenters. The van der Waals surface area contributed by atoms with Gasteiger partial charge in [-0.3, -0.25) is 4.98 Å². The number of fused-ring (bicyclic) bond motifs is 1. The third-order valence-electron chi connectivity index (χ3n) is 2.41. The maximum atomic E-state index is 6.06. The molecule has 0 radical (unpaired) electrons. The quantitative estimate of drug-likeness (QED) is 0.618. The van der Waals surface area contributed by atoms with Gasteiger partial charge < -0.3 is 4.74 Å². The van der Waals surface area contributed by atoms with Crippen LogP contribution in [0.15, 0.2) is 24.3 Å². The molecular formula is C13H13BrClNO. The van der Waals surface area contributed by atoms with Gasteiger partial charge in [-0.25, -0.2) is 0 Å². The lowest BCUT2D eigenvalue weighted by molar-refractivity contribution is 0.323. The van der Waals surface area contributed by atoms with Crippen LogP contribution in [0.5, 0.6) is 5.75 Å².